The molecule has 0 radical (unpaired) electrons. The summed E-state index contributed by atoms with van der Waals surface area (Å²) in [4.78, 5) is 0. The number of piperidine rings is 1. The third-order valence-electron chi connectivity index (χ3n) is 4.29. The fourth-order valence-electron chi connectivity index (χ4n) is 2.78. The van der Waals surface area contributed by atoms with Crippen LogP contribution in [0, 0.1) is 12.8 Å². The highest BCUT2D eigenvalue weighted by atomic mass is 14.9. The Labute approximate surface area is 118 Å². The summed E-state index contributed by atoms with van der Waals surface area (Å²) >= 11 is 0. The van der Waals surface area contributed by atoms with Gasteiger partial charge in [-0.1, -0.05) is 43.7 Å². The molecule has 1 aromatic carbocycles. The molecule has 1 aliphatic heterocycles. The fourth-order valence-corrected chi connectivity index (χ4v) is 2.78. The molecule has 19 heavy (non-hydrogen) atoms. The van der Waals surface area contributed by atoms with Crippen LogP contribution in [0.4, 0.5) is 0 Å². The zero-order valence-electron chi connectivity index (χ0n) is 12.6. The van der Waals surface area contributed by atoms with Crippen LogP contribution in [0.25, 0.3) is 0 Å². The van der Waals surface area contributed by atoms with Crippen molar-refractivity contribution in [2.75, 3.05) is 26.2 Å². The molecule has 2 rings (SSSR count). The van der Waals surface area contributed by atoms with E-state index < -0.39 is 0 Å². The van der Waals surface area contributed by atoms with Crippen LogP contribution in [0.2, 0.25) is 0 Å². The topological polar surface area (TPSA) is 24.1 Å². The zero-order valence-corrected chi connectivity index (χ0v) is 12.6. The van der Waals surface area contributed by atoms with Crippen molar-refractivity contribution in [3.05, 3.63) is 35.4 Å². The van der Waals surface area contributed by atoms with Gasteiger partial charge in [-0.05, 0) is 50.9 Å². The predicted octanol–water partition coefficient (Wildman–Crippen LogP) is 2.86. The van der Waals surface area contributed by atoms with Crippen molar-refractivity contribution in [3.63, 3.8) is 0 Å². The van der Waals surface area contributed by atoms with E-state index in [2.05, 4.69) is 55.7 Å². The Morgan fingerprint density at radius 2 is 1.79 bits per heavy atom. The summed E-state index contributed by atoms with van der Waals surface area (Å²) in [6, 6.07) is 8.96. The molecule has 2 N–H and O–H groups in total. The minimum Gasteiger partial charge on any atom is -0.317 e. The monoisotopic (exact) mass is 260 g/mol. The van der Waals surface area contributed by atoms with Crippen LogP contribution in [0.1, 0.15) is 37.8 Å². The Kier molecular flexibility index (Phi) is 5.00. The number of aryl methyl sites for hydroxylation is 1. The van der Waals surface area contributed by atoms with Crippen LogP contribution in [0.3, 0.4) is 0 Å². The van der Waals surface area contributed by atoms with E-state index in [1.165, 1.54) is 37.1 Å². The fraction of sp³-hybridized carbons (Fsp3) is 0.647. The maximum atomic E-state index is 3.68. The lowest BCUT2D eigenvalue weighted by atomic mass is 9.84. The lowest BCUT2D eigenvalue weighted by molar-refractivity contribution is 0.342. The molecule has 1 heterocycles. The van der Waals surface area contributed by atoms with Gasteiger partial charge in [0.1, 0.15) is 0 Å². The first-order valence-electron chi connectivity index (χ1n) is 7.56. The number of benzene rings is 1. The van der Waals surface area contributed by atoms with Crippen LogP contribution in [-0.4, -0.2) is 26.2 Å². The van der Waals surface area contributed by atoms with Gasteiger partial charge in [-0.25, -0.2) is 0 Å². The summed E-state index contributed by atoms with van der Waals surface area (Å²) in [5.41, 5.74) is 2.97. The summed E-state index contributed by atoms with van der Waals surface area (Å²) in [5, 5.41) is 7.11. The van der Waals surface area contributed by atoms with Crippen molar-refractivity contribution >= 4 is 0 Å². The molecule has 0 saturated carbocycles. The SMILES string of the molecule is Cc1ccc(C(C)(C)CNCC2CCNCC2)cc1. The largest absolute Gasteiger partial charge is 0.317 e. The van der Waals surface area contributed by atoms with Gasteiger partial charge in [0.2, 0.25) is 0 Å². The molecule has 0 atom stereocenters. The second kappa shape index (κ2) is 6.53. The van der Waals surface area contributed by atoms with Gasteiger partial charge < -0.3 is 10.6 Å². The van der Waals surface area contributed by atoms with E-state index in [1.807, 2.05) is 0 Å². The zero-order chi connectivity index (χ0) is 13.7. The average molecular weight is 260 g/mol. The van der Waals surface area contributed by atoms with Gasteiger partial charge in [-0.2, -0.15) is 0 Å². The number of hydrogen-bond acceptors (Lipinski definition) is 2. The van der Waals surface area contributed by atoms with Crippen molar-refractivity contribution in [2.45, 2.75) is 39.0 Å². The molecule has 0 bridgehead atoms. The van der Waals surface area contributed by atoms with Gasteiger partial charge in [0.15, 0.2) is 0 Å². The van der Waals surface area contributed by atoms with E-state index in [0.717, 1.165) is 19.0 Å². The van der Waals surface area contributed by atoms with Crippen molar-refractivity contribution in [2.24, 2.45) is 5.92 Å². The van der Waals surface area contributed by atoms with Crippen LogP contribution < -0.4 is 10.6 Å². The van der Waals surface area contributed by atoms with Crippen LogP contribution >= 0.6 is 0 Å². The predicted molar refractivity (Wildman–Crippen MR) is 82.7 cm³/mol. The average Bonchev–Trinajstić information content (AvgIpc) is 2.40. The van der Waals surface area contributed by atoms with E-state index in [4.69, 9.17) is 0 Å². The van der Waals surface area contributed by atoms with Crippen LogP contribution in [0.5, 0.6) is 0 Å². The molecule has 1 saturated heterocycles. The van der Waals surface area contributed by atoms with E-state index >= 15 is 0 Å². The quantitative estimate of drug-likeness (QED) is 0.850. The Morgan fingerprint density at radius 1 is 1.16 bits per heavy atom. The van der Waals surface area contributed by atoms with Gasteiger partial charge >= 0.3 is 0 Å². The molecule has 0 aliphatic carbocycles. The number of rotatable bonds is 5. The first kappa shape index (κ1) is 14.5. The van der Waals surface area contributed by atoms with Crippen molar-refractivity contribution < 1.29 is 0 Å². The Balaban J connectivity index is 1.81. The molecule has 0 spiro atoms. The van der Waals surface area contributed by atoms with Gasteiger partial charge in [0, 0.05) is 12.0 Å². The molecule has 0 unspecified atom stereocenters. The summed E-state index contributed by atoms with van der Waals surface area (Å²) in [5.74, 6) is 0.857. The Morgan fingerprint density at radius 3 is 2.42 bits per heavy atom. The highest BCUT2D eigenvalue weighted by molar-refractivity contribution is 5.27. The lowest BCUT2D eigenvalue weighted by Crippen LogP contribution is -2.38. The maximum Gasteiger partial charge on any atom is 0.00432 e. The number of hydrogen-bond donors (Lipinski definition) is 2. The van der Waals surface area contributed by atoms with E-state index in [-0.39, 0.29) is 5.41 Å². The third kappa shape index (κ3) is 4.32. The van der Waals surface area contributed by atoms with Crippen LogP contribution in [-0.2, 0) is 5.41 Å². The smallest absolute Gasteiger partial charge is 0.00432 e. The van der Waals surface area contributed by atoms with Gasteiger partial charge in [-0.3, -0.25) is 0 Å². The van der Waals surface area contributed by atoms with E-state index in [0.29, 0.717) is 0 Å². The Hall–Kier alpha value is -0.860. The molecule has 0 aromatic heterocycles. The van der Waals surface area contributed by atoms with E-state index in [9.17, 15) is 0 Å². The lowest BCUT2D eigenvalue weighted by Gasteiger charge is -2.28. The molecule has 0 amide bonds. The summed E-state index contributed by atoms with van der Waals surface area (Å²) < 4.78 is 0. The molecule has 2 heteroatoms. The molecule has 1 aliphatic rings. The maximum absolute atomic E-state index is 3.68. The highest BCUT2D eigenvalue weighted by Crippen LogP contribution is 2.22. The first-order chi connectivity index (χ1) is 9.08. The summed E-state index contributed by atoms with van der Waals surface area (Å²) in [6.07, 6.45) is 2.63. The van der Waals surface area contributed by atoms with Gasteiger partial charge in [0.25, 0.3) is 0 Å². The van der Waals surface area contributed by atoms with Crippen molar-refractivity contribution in [1.29, 1.82) is 0 Å². The molecule has 2 nitrogen and oxygen atoms in total. The van der Waals surface area contributed by atoms with Gasteiger partial charge in [-0.15, -0.1) is 0 Å². The molecular formula is C17H28N2. The third-order valence-corrected chi connectivity index (χ3v) is 4.29. The normalized spacial score (nSPS) is 17.6. The van der Waals surface area contributed by atoms with Crippen LogP contribution in [0.15, 0.2) is 24.3 Å². The molecular weight excluding hydrogens is 232 g/mol. The minimum atomic E-state index is 0.209. The second-order valence-corrected chi connectivity index (χ2v) is 6.57. The van der Waals surface area contributed by atoms with Gasteiger partial charge in [0.05, 0.1) is 0 Å². The summed E-state index contributed by atoms with van der Waals surface area (Å²) in [7, 11) is 0. The van der Waals surface area contributed by atoms with Crippen molar-refractivity contribution in [3.8, 4) is 0 Å². The second-order valence-electron chi connectivity index (χ2n) is 6.57. The Bertz CT molecular complexity index is 375. The van der Waals surface area contributed by atoms with E-state index in [1.54, 1.807) is 0 Å². The molecule has 1 aromatic rings. The standard InChI is InChI=1S/C17H28N2/c1-14-4-6-16(7-5-14)17(2,3)13-19-12-15-8-10-18-11-9-15/h4-7,15,18-19H,8-13H2,1-3H3. The molecule has 106 valence electrons. The molecule has 1 fully saturated rings. The number of nitrogens with one attached hydrogen (secondary N) is 2. The summed E-state index contributed by atoms with van der Waals surface area (Å²) in [6.45, 7) is 11.4. The van der Waals surface area contributed by atoms with Crippen molar-refractivity contribution in [1.82, 2.24) is 10.6 Å². The minimum absolute atomic E-state index is 0.209. The first-order valence-corrected chi connectivity index (χ1v) is 7.56. The highest BCUT2D eigenvalue weighted by Gasteiger charge is 2.21.